The third-order valence-electron chi connectivity index (χ3n) is 3.50. The summed E-state index contributed by atoms with van der Waals surface area (Å²) in [7, 11) is -4.11. The van der Waals surface area contributed by atoms with E-state index in [0.29, 0.717) is 15.1 Å². The van der Waals surface area contributed by atoms with E-state index in [1.54, 1.807) is 24.3 Å². The zero-order valence-electron chi connectivity index (χ0n) is 13.6. The lowest BCUT2D eigenvalue weighted by atomic mass is 10.1. The van der Waals surface area contributed by atoms with Crippen LogP contribution >= 0.6 is 27.5 Å². The van der Waals surface area contributed by atoms with E-state index >= 15 is 0 Å². The molecule has 0 aliphatic heterocycles. The van der Waals surface area contributed by atoms with E-state index in [-0.39, 0.29) is 28.7 Å². The second kappa shape index (κ2) is 7.77. The highest BCUT2D eigenvalue weighted by atomic mass is 79.9. The molecule has 0 unspecified atom stereocenters. The van der Waals surface area contributed by atoms with Crippen molar-refractivity contribution in [3.05, 3.63) is 64.0 Å². The SMILES string of the molecule is NS(=O)(=O)c1cc(NC(=O)Cc2ccccc2Cl)cnc1-n1cc(Br)cn1. The highest BCUT2D eigenvalue weighted by Crippen LogP contribution is 2.22. The molecule has 3 aromatic rings. The van der Waals surface area contributed by atoms with Gasteiger partial charge in [0.1, 0.15) is 4.90 Å². The number of carbonyl (C=O) groups is 1. The summed E-state index contributed by atoms with van der Waals surface area (Å²) in [4.78, 5) is 16.1. The molecule has 3 N–H and O–H groups in total. The Morgan fingerprint density at radius 3 is 2.67 bits per heavy atom. The van der Waals surface area contributed by atoms with Crippen molar-refractivity contribution >= 4 is 49.1 Å². The molecular formula is C16H13BrClN5O3S. The number of nitrogens with zero attached hydrogens (tertiary/aromatic N) is 3. The third-order valence-corrected chi connectivity index (χ3v) is 5.19. The van der Waals surface area contributed by atoms with Gasteiger partial charge in [0.2, 0.25) is 15.9 Å². The summed E-state index contributed by atoms with van der Waals surface area (Å²) < 4.78 is 25.8. The standard InChI is InChI=1S/C16H13BrClN5O3S/c17-11-7-21-23(9-11)16-14(27(19,25)26)6-12(8-20-16)22-15(24)5-10-3-1-2-4-13(10)18/h1-4,6-9H,5H2,(H,22,24)(H2,19,25,26). The van der Waals surface area contributed by atoms with Gasteiger partial charge >= 0.3 is 0 Å². The van der Waals surface area contributed by atoms with Gasteiger partial charge in [-0.2, -0.15) is 5.10 Å². The molecule has 0 atom stereocenters. The van der Waals surface area contributed by atoms with E-state index in [9.17, 15) is 13.2 Å². The first kappa shape index (κ1) is 19.5. The number of carbonyl (C=O) groups excluding carboxylic acids is 1. The quantitative estimate of drug-likeness (QED) is 0.594. The van der Waals surface area contributed by atoms with E-state index in [4.69, 9.17) is 16.7 Å². The first-order valence-electron chi connectivity index (χ1n) is 7.50. The van der Waals surface area contributed by atoms with Gasteiger partial charge in [-0.1, -0.05) is 29.8 Å². The summed E-state index contributed by atoms with van der Waals surface area (Å²) >= 11 is 9.27. The molecule has 1 amide bonds. The molecule has 0 saturated carbocycles. The lowest BCUT2D eigenvalue weighted by Crippen LogP contribution is -2.19. The molecule has 140 valence electrons. The number of pyridine rings is 1. The van der Waals surface area contributed by atoms with E-state index in [2.05, 4.69) is 31.3 Å². The fourth-order valence-corrected chi connectivity index (χ4v) is 3.50. The van der Waals surface area contributed by atoms with E-state index in [1.807, 2.05) is 0 Å². The number of hydrogen-bond donors (Lipinski definition) is 2. The van der Waals surface area contributed by atoms with Crippen molar-refractivity contribution in [1.82, 2.24) is 14.8 Å². The first-order valence-corrected chi connectivity index (χ1v) is 10.2. The highest BCUT2D eigenvalue weighted by molar-refractivity contribution is 9.10. The summed E-state index contributed by atoms with van der Waals surface area (Å²) in [6.45, 7) is 0. The Bertz CT molecular complexity index is 1120. The third kappa shape index (κ3) is 4.72. The first-order chi connectivity index (χ1) is 12.7. The zero-order chi connectivity index (χ0) is 19.6. The minimum atomic E-state index is -4.11. The highest BCUT2D eigenvalue weighted by Gasteiger charge is 2.19. The van der Waals surface area contributed by atoms with Crippen molar-refractivity contribution in [2.45, 2.75) is 11.3 Å². The Balaban J connectivity index is 1.89. The van der Waals surface area contributed by atoms with Crippen molar-refractivity contribution in [3.8, 4) is 5.82 Å². The van der Waals surface area contributed by atoms with Crippen LogP contribution in [0.25, 0.3) is 5.82 Å². The zero-order valence-corrected chi connectivity index (χ0v) is 16.8. The number of benzene rings is 1. The smallest absolute Gasteiger partial charge is 0.241 e. The van der Waals surface area contributed by atoms with E-state index in [1.165, 1.54) is 29.3 Å². The number of amides is 1. The fraction of sp³-hybridized carbons (Fsp3) is 0.0625. The number of nitrogens with one attached hydrogen (secondary N) is 1. The molecule has 0 fully saturated rings. The summed E-state index contributed by atoms with van der Waals surface area (Å²) in [5.74, 6) is -0.354. The van der Waals surface area contributed by atoms with Crippen LogP contribution in [0.4, 0.5) is 5.69 Å². The lowest BCUT2D eigenvalue weighted by molar-refractivity contribution is -0.115. The van der Waals surface area contributed by atoms with Gasteiger partial charge in [0, 0.05) is 11.2 Å². The molecule has 0 aliphatic carbocycles. The molecule has 3 rings (SSSR count). The van der Waals surface area contributed by atoms with Crippen molar-refractivity contribution in [2.24, 2.45) is 5.14 Å². The van der Waals surface area contributed by atoms with Crippen molar-refractivity contribution in [2.75, 3.05) is 5.32 Å². The van der Waals surface area contributed by atoms with E-state index in [0.717, 1.165) is 0 Å². The number of anilines is 1. The maximum Gasteiger partial charge on any atom is 0.241 e. The molecule has 0 spiro atoms. The molecule has 2 aromatic heterocycles. The topological polar surface area (TPSA) is 120 Å². The Morgan fingerprint density at radius 2 is 2.04 bits per heavy atom. The second-order valence-electron chi connectivity index (χ2n) is 5.51. The van der Waals surface area contributed by atoms with Crippen molar-refractivity contribution in [3.63, 3.8) is 0 Å². The van der Waals surface area contributed by atoms with Crippen LogP contribution in [0.1, 0.15) is 5.56 Å². The van der Waals surface area contributed by atoms with Gasteiger partial charge in [-0.3, -0.25) is 4.79 Å². The van der Waals surface area contributed by atoms with Gasteiger partial charge in [0.05, 0.1) is 29.0 Å². The number of rotatable bonds is 5. The maximum absolute atomic E-state index is 12.3. The average Bonchev–Trinajstić information content (AvgIpc) is 3.02. The van der Waals surface area contributed by atoms with Crippen LogP contribution < -0.4 is 10.5 Å². The normalized spacial score (nSPS) is 11.4. The lowest BCUT2D eigenvalue weighted by Gasteiger charge is -2.11. The monoisotopic (exact) mass is 469 g/mol. The van der Waals surface area contributed by atoms with Gasteiger partial charge in [-0.05, 0) is 33.6 Å². The van der Waals surface area contributed by atoms with Gasteiger partial charge in [-0.15, -0.1) is 0 Å². The molecule has 1 aromatic carbocycles. The molecule has 27 heavy (non-hydrogen) atoms. The van der Waals surface area contributed by atoms with Gasteiger partial charge in [0.15, 0.2) is 5.82 Å². The largest absolute Gasteiger partial charge is 0.324 e. The summed E-state index contributed by atoms with van der Waals surface area (Å²) in [5.41, 5.74) is 0.834. The molecule has 0 saturated heterocycles. The van der Waals surface area contributed by atoms with Crippen LogP contribution in [0.15, 0.2) is 58.3 Å². The molecular weight excluding hydrogens is 458 g/mol. The molecule has 0 aliphatic rings. The van der Waals surface area contributed by atoms with Crippen LogP contribution in [0.3, 0.4) is 0 Å². The van der Waals surface area contributed by atoms with Crippen molar-refractivity contribution < 1.29 is 13.2 Å². The summed E-state index contributed by atoms with van der Waals surface area (Å²) in [6, 6.07) is 8.18. The number of nitrogens with two attached hydrogens (primary N) is 1. The predicted molar refractivity (Wildman–Crippen MR) is 104 cm³/mol. The van der Waals surface area contributed by atoms with Crippen LogP contribution in [0, 0.1) is 0 Å². The molecule has 0 bridgehead atoms. The molecule has 2 heterocycles. The predicted octanol–water partition coefficient (Wildman–Crippen LogP) is 2.51. The minimum absolute atomic E-state index is 0.0207. The van der Waals surface area contributed by atoms with Gasteiger partial charge in [-0.25, -0.2) is 23.2 Å². The average molecular weight is 471 g/mol. The Morgan fingerprint density at radius 1 is 1.30 bits per heavy atom. The molecule has 8 nitrogen and oxygen atoms in total. The van der Waals surface area contributed by atoms with Crippen molar-refractivity contribution in [1.29, 1.82) is 0 Å². The number of halogens is 2. The fourth-order valence-electron chi connectivity index (χ4n) is 2.32. The van der Waals surface area contributed by atoms with E-state index < -0.39 is 10.0 Å². The number of aromatic nitrogens is 3. The molecule has 11 heteroatoms. The van der Waals surface area contributed by atoms with Crippen LogP contribution in [-0.4, -0.2) is 29.1 Å². The second-order valence-corrected chi connectivity index (χ2v) is 8.36. The van der Waals surface area contributed by atoms with Crippen LogP contribution in [0.2, 0.25) is 5.02 Å². The number of primary sulfonamides is 1. The van der Waals surface area contributed by atoms with Crippen LogP contribution in [0.5, 0.6) is 0 Å². The number of hydrogen-bond acceptors (Lipinski definition) is 5. The summed E-state index contributed by atoms with van der Waals surface area (Å²) in [5, 5.41) is 12.4. The Labute approximate surface area is 168 Å². The van der Waals surface area contributed by atoms with Gasteiger partial charge < -0.3 is 5.32 Å². The Kier molecular flexibility index (Phi) is 5.61. The van der Waals surface area contributed by atoms with Crippen LogP contribution in [-0.2, 0) is 21.2 Å². The maximum atomic E-state index is 12.3. The van der Waals surface area contributed by atoms with Gasteiger partial charge in [0.25, 0.3) is 0 Å². The number of sulfonamides is 1. The minimum Gasteiger partial charge on any atom is -0.324 e. The summed E-state index contributed by atoms with van der Waals surface area (Å²) in [6.07, 6.45) is 4.36. The Hall–Kier alpha value is -2.27. The molecule has 0 radical (unpaired) electrons.